The van der Waals surface area contributed by atoms with Crippen LogP contribution < -0.4 is 5.73 Å². The minimum atomic E-state index is -2.31. The third-order valence-electron chi connectivity index (χ3n) is 4.90. The van der Waals surface area contributed by atoms with Gasteiger partial charge in [0, 0.05) is 0 Å². The van der Waals surface area contributed by atoms with Gasteiger partial charge in [0.2, 0.25) is 0 Å². The summed E-state index contributed by atoms with van der Waals surface area (Å²) in [5, 5.41) is 0. The molecular weight excluding hydrogens is 358 g/mol. The Hall–Kier alpha value is -1.27. The molecule has 0 saturated carbocycles. The summed E-state index contributed by atoms with van der Waals surface area (Å²) in [6, 6.07) is 0. The summed E-state index contributed by atoms with van der Waals surface area (Å²) in [5.41, 5.74) is 11.2. The Bertz CT molecular complexity index is 669. The lowest BCUT2D eigenvalue weighted by molar-refractivity contribution is 0.202. The number of rotatable bonds is 9. The molecule has 0 heterocycles. The van der Waals surface area contributed by atoms with Crippen molar-refractivity contribution in [3.05, 3.63) is 58.7 Å². The van der Waals surface area contributed by atoms with Gasteiger partial charge >= 0.3 is 11.4 Å². The van der Waals surface area contributed by atoms with Gasteiger partial charge in [0.05, 0.1) is 0 Å². The molecule has 27 heavy (non-hydrogen) atoms. The van der Waals surface area contributed by atoms with E-state index in [1.54, 1.807) is 0 Å². The van der Waals surface area contributed by atoms with E-state index in [9.17, 15) is 4.21 Å². The zero-order valence-corrected chi connectivity index (χ0v) is 18.1. The SMILES string of the molecule is CC(C=CC1=C(C)CCCC1(C)C)=CC=CC(C)=CCCC(N)OS(=O)O. The molecule has 1 aliphatic rings. The van der Waals surface area contributed by atoms with Crippen LogP contribution in [0.2, 0.25) is 0 Å². The van der Waals surface area contributed by atoms with Crippen molar-refractivity contribution in [2.24, 2.45) is 11.1 Å². The second kappa shape index (κ2) is 11.5. The smallest absolute Gasteiger partial charge is 0.303 e. The highest BCUT2D eigenvalue weighted by Gasteiger charge is 2.26. The van der Waals surface area contributed by atoms with Crippen LogP contribution in [0.15, 0.2) is 58.7 Å². The van der Waals surface area contributed by atoms with E-state index < -0.39 is 17.6 Å². The number of hydrogen-bond donors (Lipinski definition) is 2. The van der Waals surface area contributed by atoms with Crippen LogP contribution in [0.3, 0.4) is 0 Å². The molecule has 0 aromatic carbocycles. The second-order valence-electron chi connectivity index (χ2n) is 7.91. The van der Waals surface area contributed by atoms with Crippen LogP contribution >= 0.6 is 0 Å². The van der Waals surface area contributed by atoms with Crippen molar-refractivity contribution in [1.29, 1.82) is 0 Å². The van der Waals surface area contributed by atoms with Gasteiger partial charge in [0.25, 0.3) is 0 Å². The summed E-state index contributed by atoms with van der Waals surface area (Å²) in [5.74, 6) is 0. The molecule has 152 valence electrons. The molecule has 0 aromatic heterocycles. The van der Waals surface area contributed by atoms with Crippen molar-refractivity contribution in [3.63, 3.8) is 0 Å². The maximum absolute atomic E-state index is 10.5. The Balaban J connectivity index is 2.57. The zero-order valence-electron chi connectivity index (χ0n) is 17.3. The van der Waals surface area contributed by atoms with Gasteiger partial charge in [-0.25, -0.2) is 4.18 Å². The van der Waals surface area contributed by atoms with E-state index in [1.807, 2.05) is 25.2 Å². The first-order chi connectivity index (χ1) is 12.6. The third-order valence-corrected chi connectivity index (χ3v) is 5.31. The summed E-state index contributed by atoms with van der Waals surface area (Å²) >= 11 is -2.31. The molecule has 0 amide bonds. The first-order valence-electron chi connectivity index (χ1n) is 9.55. The fourth-order valence-electron chi connectivity index (χ4n) is 3.33. The molecule has 2 unspecified atom stereocenters. The molecule has 2 atom stereocenters. The van der Waals surface area contributed by atoms with Crippen molar-refractivity contribution in [3.8, 4) is 0 Å². The maximum Gasteiger partial charge on any atom is 0.303 e. The molecule has 0 saturated heterocycles. The lowest BCUT2D eigenvalue weighted by Crippen LogP contribution is -2.24. The lowest BCUT2D eigenvalue weighted by atomic mass is 9.72. The molecule has 0 aliphatic heterocycles. The van der Waals surface area contributed by atoms with E-state index in [2.05, 4.69) is 50.1 Å². The van der Waals surface area contributed by atoms with Crippen LogP contribution in [0.5, 0.6) is 0 Å². The average Bonchev–Trinajstić information content (AvgIpc) is 2.53. The number of hydrogen-bond acceptors (Lipinski definition) is 3. The Morgan fingerprint density at radius 1 is 1.33 bits per heavy atom. The van der Waals surface area contributed by atoms with Gasteiger partial charge in [-0.3, -0.25) is 4.55 Å². The first kappa shape index (κ1) is 23.8. The minimum absolute atomic E-state index is 0.265. The topological polar surface area (TPSA) is 72.5 Å². The van der Waals surface area contributed by atoms with Gasteiger partial charge in [-0.05, 0) is 63.9 Å². The van der Waals surface area contributed by atoms with Crippen LogP contribution in [-0.4, -0.2) is 15.0 Å². The lowest BCUT2D eigenvalue weighted by Gasteiger charge is -2.32. The van der Waals surface area contributed by atoms with E-state index >= 15 is 0 Å². The molecule has 1 rings (SSSR count). The summed E-state index contributed by atoms with van der Waals surface area (Å²) < 4.78 is 23.7. The Labute approximate surface area is 167 Å². The minimum Gasteiger partial charge on any atom is -0.305 e. The summed E-state index contributed by atoms with van der Waals surface area (Å²) in [7, 11) is 0. The standard InChI is InChI=1S/C22H35NO3S/c1-17(11-7-13-21(23)26-27(24)25)9-6-10-18(2)14-15-20-19(3)12-8-16-22(20,4)5/h6,9-11,14-15,21H,7-8,12-13,16,23H2,1-5H3,(H,24,25). The number of allylic oxidation sites excluding steroid dienone is 10. The van der Waals surface area contributed by atoms with Gasteiger partial charge < -0.3 is 5.73 Å². The molecule has 3 N–H and O–H groups in total. The zero-order chi connectivity index (χ0) is 20.4. The Morgan fingerprint density at radius 3 is 2.67 bits per heavy atom. The predicted octanol–water partition coefficient (Wildman–Crippen LogP) is 5.74. The van der Waals surface area contributed by atoms with Crippen molar-refractivity contribution in [2.45, 2.75) is 73.0 Å². The van der Waals surface area contributed by atoms with E-state index in [-0.39, 0.29) is 5.41 Å². The van der Waals surface area contributed by atoms with Crippen LogP contribution in [0, 0.1) is 5.41 Å². The van der Waals surface area contributed by atoms with Crippen molar-refractivity contribution in [2.75, 3.05) is 0 Å². The third kappa shape index (κ3) is 9.47. The molecule has 4 nitrogen and oxygen atoms in total. The first-order valence-corrected chi connectivity index (χ1v) is 10.6. The molecule has 5 heteroatoms. The summed E-state index contributed by atoms with van der Waals surface area (Å²) in [6.07, 6.45) is 16.9. The fraction of sp³-hybridized carbons (Fsp3) is 0.545. The van der Waals surface area contributed by atoms with Crippen LogP contribution in [0.25, 0.3) is 0 Å². The Kier molecular flexibility index (Phi) is 10.2. The number of nitrogens with two attached hydrogens (primary N) is 1. The van der Waals surface area contributed by atoms with Crippen molar-refractivity contribution >= 4 is 11.4 Å². The van der Waals surface area contributed by atoms with E-state index in [4.69, 9.17) is 10.3 Å². The van der Waals surface area contributed by atoms with E-state index in [0.717, 1.165) is 5.57 Å². The average molecular weight is 394 g/mol. The normalized spacial score (nSPS) is 21.3. The van der Waals surface area contributed by atoms with E-state index in [1.165, 1.54) is 36.0 Å². The van der Waals surface area contributed by atoms with Crippen molar-refractivity contribution < 1.29 is 12.9 Å². The molecule has 0 bridgehead atoms. The summed E-state index contributed by atoms with van der Waals surface area (Å²) in [4.78, 5) is 0. The molecule has 1 aliphatic carbocycles. The highest BCUT2D eigenvalue weighted by atomic mass is 32.2. The molecular formula is C22H35NO3S. The Morgan fingerprint density at radius 2 is 2.04 bits per heavy atom. The highest BCUT2D eigenvalue weighted by molar-refractivity contribution is 7.74. The quantitative estimate of drug-likeness (QED) is 0.298. The monoisotopic (exact) mass is 393 g/mol. The van der Waals surface area contributed by atoms with E-state index in [0.29, 0.717) is 12.8 Å². The van der Waals surface area contributed by atoms with Crippen LogP contribution in [0.4, 0.5) is 0 Å². The van der Waals surface area contributed by atoms with Gasteiger partial charge in [-0.1, -0.05) is 67.0 Å². The largest absolute Gasteiger partial charge is 0.305 e. The van der Waals surface area contributed by atoms with Crippen LogP contribution in [0.1, 0.15) is 66.7 Å². The maximum atomic E-state index is 10.5. The van der Waals surface area contributed by atoms with Crippen molar-refractivity contribution in [1.82, 2.24) is 0 Å². The molecule has 0 fully saturated rings. The van der Waals surface area contributed by atoms with Gasteiger partial charge in [0.1, 0.15) is 6.23 Å². The van der Waals surface area contributed by atoms with Gasteiger partial charge in [-0.2, -0.15) is 4.21 Å². The molecule has 0 aromatic rings. The predicted molar refractivity (Wildman–Crippen MR) is 115 cm³/mol. The molecule has 0 radical (unpaired) electrons. The van der Waals surface area contributed by atoms with Gasteiger partial charge in [0.15, 0.2) is 0 Å². The van der Waals surface area contributed by atoms with Gasteiger partial charge in [-0.15, -0.1) is 0 Å². The van der Waals surface area contributed by atoms with Crippen LogP contribution in [-0.2, 0) is 15.5 Å². The second-order valence-corrected chi connectivity index (χ2v) is 8.54. The fourth-order valence-corrected chi connectivity index (χ4v) is 3.64. The summed E-state index contributed by atoms with van der Waals surface area (Å²) in [6.45, 7) is 11.0. The molecule has 0 spiro atoms. The highest BCUT2D eigenvalue weighted by Crippen LogP contribution is 2.40.